The molecular formula is C52H32O. The van der Waals surface area contributed by atoms with Crippen LogP contribution in [-0.2, 0) is 0 Å². The van der Waals surface area contributed by atoms with Crippen LogP contribution in [0.2, 0.25) is 0 Å². The van der Waals surface area contributed by atoms with Gasteiger partial charge in [-0.05, 0) is 94.2 Å². The van der Waals surface area contributed by atoms with Crippen LogP contribution in [0, 0.1) is 0 Å². The van der Waals surface area contributed by atoms with Crippen molar-refractivity contribution in [3.8, 4) is 44.5 Å². The van der Waals surface area contributed by atoms with Crippen molar-refractivity contribution in [2.24, 2.45) is 0 Å². The summed E-state index contributed by atoms with van der Waals surface area (Å²) < 4.78 is 123. The maximum absolute atomic E-state index is 9.42. The second-order valence-corrected chi connectivity index (χ2v) is 13.0. The molecule has 1 aromatic heterocycles. The summed E-state index contributed by atoms with van der Waals surface area (Å²) in [4.78, 5) is 0. The molecule has 1 nitrogen and oxygen atoms in total. The van der Waals surface area contributed by atoms with Crippen LogP contribution in [0.3, 0.4) is 0 Å². The van der Waals surface area contributed by atoms with Gasteiger partial charge in [-0.25, -0.2) is 0 Å². The van der Waals surface area contributed by atoms with E-state index in [1.807, 2.05) is 78.9 Å². The molecule has 0 spiro atoms. The van der Waals surface area contributed by atoms with Crippen LogP contribution in [0.15, 0.2) is 198 Å². The van der Waals surface area contributed by atoms with Gasteiger partial charge < -0.3 is 4.42 Å². The van der Waals surface area contributed by atoms with E-state index in [0.29, 0.717) is 16.5 Å². The third-order valence-corrected chi connectivity index (χ3v) is 10.2. The van der Waals surface area contributed by atoms with Gasteiger partial charge in [0.05, 0.1) is 17.8 Å². The highest BCUT2D eigenvalue weighted by Crippen LogP contribution is 2.47. The highest BCUT2D eigenvalue weighted by Gasteiger charge is 2.20. The number of rotatable bonds is 4. The van der Waals surface area contributed by atoms with Crippen molar-refractivity contribution in [3.63, 3.8) is 0 Å². The van der Waals surface area contributed by atoms with Crippen molar-refractivity contribution in [1.29, 1.82) is 0 Å². The van der Waals surface area contributed by atoms with Gasteiger partial charge in [-0.1, -0.05) is 182 Å². The Bertz CT molecular complexity index is 3870. The zero-order valence-electron chi connectivity index (χ0n) is 40.9. The summed E-state index contributed by atoms with van der Waals surface area (Å²) in [5.74, 6) is 0. The third-order valence-electron chi connectivity index (χ3n) is 10.2. The zero-order valence-corrected chi connectivity index (χ0v) is 27.9. The maximum Gasteiger partial charge on any atom is 0.143 e. The predicted molar refractivity (Wildman–Crippen MR) is 225 cm³/mol. The van der Waals surface area contributed by atoms with Crippen molar-refractivity contribution in [2.75, 3.05) is 0 Å². The fourth-order valence-electron chi connectivity index (χ4n) is 7.93. The highest BCUT2D eigenvalue weighted by molar-refractivity contribution is 6.24. The first-order valence-corrected chi connectivity index (χ1v) is 17.2. The molecule has 1 heterocycles. The number of hydrogen-bond acceptors (Lipinski definition) is 1. The Morgan fingerprint density at radius 1 is 0.340 bits per heavy atom. The SMILES string of the molecule is [2H]c1c([2H])c([2H])c(-c2c3c([2H])c([2H])c([2H])c([2H])c3c(-c3ccc(-c4ccc5c(c4)oc4c(-c6cccc7ccccc67)cccc45)c4ccccc34)c3c([2H])c([2H])c([2H])c([2H])c23)c([2H])c1[2H]. The van der Waals surface area contributed by atoms with E-state index < -0.39 is 84.1 Å². The van der Waals surface area contributed by atoms with E-state index in [-0.39, 0.29) is 32.7 Å². The van der Waals surface area contributed by atoms with Gasteiger partial charge in [0.15, 0.2) is 0 Å². The lowest BCUT2D eigenvalue weighted by Crippen LogP contribution is -1.92. The van der Waals surface area contributed by atoms with Crippen LogP contribution >= 0.6 is 0 Å². The smallest absolute Gasteiger partial charge is 0.143 e. The van der Waals surface area contributed by atoms with Crippen molar-refractivity contribution < 1.29 is 22.2 Å². The lowest BCUT2D eigenvalue weighted by Gasteiger charge is -2.19. The normalized spacial score (nSPS) is 15.2. The number of furan rings is 1. The van der Waals surface area contributed by atoms with Gasteiger partial charge in [0, 0.05) is 16.3 Å². The van der Waals surface area contributed by atoms with E-state index in [1.54, 1.807) is 6.07 Å². The van der Waals surface area contributed by atoms with E-state index in [2.05, 4.69) is 30.3 Å². The molecule has 10 aromatic carbocycles. The minimum absolute atomic E-state index is 0.0755. The molecule has 0 amide bonds. The van der Waals surface area contributed by atoms with Gasteiger partial charge in [-0.3, -0.25) is 0 Å². The van der Waals surface area contributed by atoms with Crippen LogP contribution in [0.4, 0.5) is 0 Å². The first kappa shape index (κ1) is 19.6. The standard InChI is InChI=1S/C52H32O/c1-2-15-34(16-3-1)50-42-21-8-10-23-44(42)51(45-24-11-9-22-43(45)50)46-31-30-37(38-19-6-7-20-40(38)46)35-28-29-41-48-27-13-26-47(52(48)53-49(41)32-35)39-25-12-17-33-14-4-5-18-36(33)39/h1-32H/i1D,2D,3D,8D,9D,10D,11D,15D,16D,21D,22D,23D,24D. The molecule has 11 rings (SSSR count). The monoisotopic (exact) mass is 685 g/mol. The van der Waals surface area contributed by atoms with Gasteiger partial charge >= 0.3 is 0 Å². The summed E-state index contributed by atoms with van der Waals surface area (Å²) in [6.45, 7) is 0. The molecule has 0 aliphatic carbocycles. The van der Waals surface area contributed by atoms with Crippen LogP contribution in [0.25, 0.3) is 110 Å². The molecule has 0 atom stereocenters. The number of benzene rings is 10. The Kier molecular flexibility index (Phi) is 4.36. The van der Waals surface area contributed by atoms with Gasteiger partial charge in [0.1, 0.15) is 11.2 Å². The Morgan fingerprint density at radius 3 is 1.66 bits per heavy atom. The highest BCUT2D eigenvalue weighted by atomic mass is 16.3. The van der Waals surface area contributed by atoms with Crippen LogP contribution < -0.4 is 0 Å². The minimum atomic E-state index is -0.717. The number of para-hydroxylation sites is 1. The fraction of sp³-hybridized carbons (Fsp3) is 0. The second-order valence-electron chi connectivity index (χ2n) is 13.0. The molecular weight excluding hydrogens is 641 g/mol. The van der Waals surface area contributed by atoms with Crippen molar-refractivity contribution in [1.82, 2.24) is 0 Å². The molecule has 0 unspecified atom stereocenters. The average Bonchev–Trinajstić information content (AvgIpc) is 3.72. The fourth-order valence-corrected chi connectivity index (χ4v) is 7.93. The van der Waals surface area contributed by atoms with Gasteiger partial charge in [0.2, 0.25) is 0 Å². The van der Waals surface area contributed by atoms with Gasteiger partial charge in [-0.15, -0.1) is 0 Å². The summed E-state index contributed by atoms with van der Waals surface area (Å²) in [5.41, 5.74) is 4.72. The third kappa shape index (κ3) is 4.58. The molecule has 0 aliphatic heterocycles. The molecule has 0 bridgehead atoms. The molecule has 0 saturated heterocycles. The van der Waals surface area contributed by atoms with E-state index in [0.717, 1.165) is 54.8 Å². The quantitative estimate of drug-likeness (QED) is 0.168. The van der Waals surface area contributed by atoms with Gasteiger partial charge in [0.25, 0.3) is 0 Å². The van der Waals surface area contributed by atoms with Crippen molar-refractivity contribution in [3.05, 3.63) is 194 Å². The number of fused-ring (bicyclic) bond motifs is 7. The van der Waals surface area contributed by atoms with Crippen LogP contribution in [0.5, 0.6) is 0 Å². The minimum Gasteiger partial charge on any atom is -0.455 e. The first-order chi connectivity index (χ1) is 31.7. The summed E-state index contributed by atoms with van der Waals surface area (Å²) >= 11 is 0. The molecule has 246 valence electrons. The largest absolute Gasteiger partial charge is 0.455 e. The van der Waals surface area contributed by atoms with E-state index in [1.165, 1.54) is 0 Å². The summed E-state index contributed by atoms with van der Waals surface area (Å²) in [6.07, 6.45) is 0. The average molecular weight is 686 g/mol. The molecule has 0 N–H and O–H groups in total. The van der Waals surface area contributed by atoms with E-state index >= 15 is 0 Å². The number of hydrogen-bond donors (Lipinski definition) is 0. The van der Waals surface area contributed by atoms with Crippen LogP contribution in [-0.4, -0.2) is 0 Å². The molecule has 53 heavy (non-hydrogen) atoms. The zero-order chi connectivity index (χ0) is 46.2. The Balaban J connectivity index is 1.22. The molecule has 0 saturated carbocycles. The summed E-state index contributed by atoms with van der Waals surface area (Å²) in [7, 11) is 0. The van der Waals surface area contributed by atoms with E-state index in [4.69, 9.17) is 16.8 Å². The lowest BCUT2D eigenvalue weighted by molar-refractivity contribution is 0.670. The van der Waals surface area contributed by atoms with Gasteiger partial charge in [-0.2, -0.15) is 0 Å². The Hall–Kier alpha value is -6.96. The van der Waals surface area contributed by atoms with Crippen molar-refractivity contribution >= 4 is 65.0 Å². The molecule has 0 aliphatic rings. The topological polar surface area (TPSA) is 13.1 Å². The van der Waals surface area contributed by atoms with Crippen LogP contribution in [0.1, 0.15) is 17.8 Å². The predicted octanol–water partition coefficient (Wildman–Crippen LogP) is 14.9. The molecule has 0 radical (unpaired) electrons. The summed E-state index contributed by atoms with van der Waals surface area (Å²) in [6, 6.07) is 29.3. The van der Waals surface area contributed by atoms with E-state index in [9.17, 15) is 5.48 Å². The molecule has 1 heteroatoms. The molecule has 11 aromatic rings. The lowest BCUT2D eigenvalue weighted by atomic mass is 9.84. The summed E-state index contributed by atoms with van der Waals surface area (Å²) in [5, 5.41) is 4.66. The Morgan fingerprint density at radius 2 is 0.906 bits per heavy atom. The molecule has 0 fully saturated rings. The Labute approximate surface area is 325 Å². The maximum atomic E-state index is 9.42. The van der Waals surface area contributed by atoms with Crippen molar-refractivity contribution in [2.45, 2.75) is 0 Å². The first-order valence-electron chi connectivity index (χ1n) is 23.7. The second kappa shape index (κ2) is 11.8.